The Bertz CT molecular complexity index is 617. The molecule has 2 rings (SSSR count). The summed E-state index contributed by atoms with van der Waals surface area (Å²) in [5.74, 6) is 2.20. The van der Waals surface area contributed by atoms with Crippen molar-refractivity contribution in [1.29, 1.82) is 0 Å². The number of imidazole rings is 1. The van der Waals surface area contributed by atoms with Gasteiger partial charge in [0, 0.05) is 30.5 Å². The van der Waals surface area contributed by atoms with Gasteiger partial charge in [0.05, 0.1) is 25.3 Å². The van der Waals surface area contributed by atoms with Crippen LogP contribution in [0.15, 0.2) is 17.3 Å². The molecule has 0 aliphatic carbocycles. The number of ether oxygens (including phenoxy) is 2. The first kappa shape index (κ1) is 15.0. The molecule has 110 valence electrons. The number of benzene rings is 1. The van der Waals surface area contributed by atoms with Gasteiger partial charge in [0.1, 0.15) is 0 Å². The van der Waals surface area contributed by atoms with Crippen LogP contribution in [0.2, 0.25) is 0 Å². The molecule has 1 aromatic carbocycles. The zero-order chi connectivity index (χ0) is 14.9. The molecule has 0 unspecified atom stereocenters. The Balaban J connectivity index is 2.41. The molecule has 0 saturated heterocycles. The largest absolute Gasteiger partial charge is 0.493 e. The molecule has 2 N–H and O–H groups in total. The van der Waals surface area contributed by atoms with Crippen molar-refractivity contribution < 1.29 is 9.47 Å². The summed E-state index contributed by atoms with van der Waals surface area (Å²) in [5.41, 5.74) is 7.70. The third-order valence-electron chi connectivity index (χ3n) is 2.92. The maximum absolute atomic E-state index is 6.02. The summed E-state index contributed by atoms with van der Waals surface area (Å²) in [6, 6.07) is 3.84. The lowest BCUT2D eigenvalue weighted by atomic mass is 10.1. The Hall–Kier alpha value is -1.40. The lowest BCUT2D eigenvalue weighted by Crippen LogP contribution is -2.34. The summed E-state index contributed by atoms with van der Waals surface area (Å²) >= 11 is 1.65. The number of nitrogens with two attached hydrogens (primary N) is 1. The van der Waals surface area contributed by atoms with Gasteiger partial charge in [-0.15, -0.1) is 0 Å². The van der Waals surface area contributed by atoms with Gasteiger partial charge in [-0.2, -0.15) is 0 Å². The van der Waals surface area contributed by atoms with Crippen LogP contribution in [0.3, 0.4) is 0 Å². The highest BCUT2D eigenvalue weighted by molar-refractivity contribution is 7.99. The van der Waals surface area contributed by atoms with Gasteiger partial charge in [-0.1, -0.05) is 11.8 Å². The molecule has 0 bridgehead atoms. The van der Waals surface area contributed by atoms with Crippen LogP contribution in [0.1, 0.15) is 13.8 Å². The third-order valence-corrected chi connectivity index (χ3v) is 4.43. The van der Waals surface area contributed by atoms with E-state index in [4.69, 9.17) is 15.2 Å². The number of fused-ring (bicyclic) bond motifs is 1. The normalized spacial score (nSPS) is 11.9. The number of hydrogen-bond donors (Lipinski definition) is 1. The van der Waals surface area contributed by atoms with Crippen molar-refractivity contribution in [2.75, 3.05) is 20.0 Å². The van der Waals surface area contributed by atoms with Crippen LogP contribution in [0.4, 0.5) is 0 Å². The predicted molar refractivity (Wildman–Crippen MR) is 82.8 cm³/mol. The summed E-state index contributed by atoms with van der Waals surface area (Å²) in [4.78, 5) is 4.63. The summed E-state index contributed by atoms with van der Waals surface area (Å²) in [6.07, 6.45) is 0. The van der Waals surface area contributed by atoms with E-state index in [9.17, 15) is 0 Å². The fourth-order valence-electron chi connectivity index (χ4n) is 1.88. The van der Waals surface area contributed by atoms with Crippen molar-refractivity contribution in [2.45, 2.75) is 24.5 Å². The summed E-state index contributed by atoms with van der Waals surface area (Å²) in [6.45, 7) is 4.02. The lowest BCUT2D eigenvalue weighted by molar-refractivity contribution is 0.355. The maximum atomic E-state index is 6.02. The number of hydrogen-bond acceptors (Lipinski definition) is 5. The highest BCUT2D eigenvalue weighted by atomic mass is 32.2. The number of methoxy groups -OCH3 is 2. The highest BCUT2D eigenvalue weighted by Gasteiger charge is 2.16. The molecule has 1 aromatic heterocycles. The van der Waals surface area contributed by atoms with Gasteiger partial charge in [-0.3, -0.25) is 0 Å². The molecule has 0 radical (unpaired) electrons. The van der Waals surface area contributed by atoms with E-state index in [2.05, 4.69) is 4.98 Å². The van der Waals surface area contributed by atoms with Crippen LogP contribution in [0.25, 0.3) is 11.0 Å². The molecule has 0 saturated carbocycles. The molecule has 0 aliphatic heterocycles. The number of nitrogens with zero attached hydrogens (tertiary/aromatic N) is 2. The van der Waals surface area contributed by atoms with Gasteiger partial charge in [0.25, 0.3) is 0 Å². The molecular formula is C14H21N3O2S. The van der Waals surface area contributed by atoms with Gasteiger partial charge in [0.15, 0.2) is 16.7 Å². The standard InChI is InChI=1S/C14H21N3O2S/c1-14(2,15)8-20-13-16-9-6-11(18-4)12(19-5)7-10(9)17(13)3/h6-7H,8,15H2,1-5H3. The molecule has 5 nitrogen and oxygen atoms in total. The van der Waals surface area contributed by atoms with Crippen molar-refractivity contribution in [3.8, 4) is 11.5 Å². The summed E-state index contributed by atoms with van der Waals surface area (Å²) in [7, 11) is 5.25. The van der Waals surface area contributed by atoms with Crippen LogP contribution in [0.5, 0.6) is 11.5 Å². The van der Waals surface area contributed by atoms with Crippen molar-refractivity contribution in [3.63, 3.8) is 0 Å². The van der Waals surface area contributed by atoms with Crippen LogP contribution >= 0.6 is 11.8 Å². The van der Waals surface area contributed by atoms with Crippen LogP contribution in [-0.2, 0) is 7.05 Å². The molecule has 0 fully saturated rings. The smallest absolute Gasteiger partial charge is 0.168 e. The molecule has 2 aromatic rings. The van der Waals surface area contributed by atoms with Crippen molar-refractivity contribution in [1.82, 2.24) is 9.55 Å². The van der Waals surface area contributed by atoms with Crippen molar-refractivity contribution >= 4 is 22.8 Å². The van der Waals surface area contributed by atoms with E-state index in [0.29, 0.717) is 11.5 Å². The van der Waals surface area contributed by atoms with Crippen molar-refractivity contribution in [3.05, 3.63) is 12.1 Å². The van der Waals surface area contributed by atoms with Crippen LogP contribution in [-0.4, -0.2) is 35.1 Å². The van der Waals surface area contributed by atoms with Crippen molar-refractivity contribution in [2.24, 2.45) is 12.8 Å². The minimum absolute atomic E-state index is 0.224. The Morgan fingerprint density at radius 2 is 1.85 bits per heavy atom. The van der Waals surface area contributed by atoms with Crippen LogP contribution in [0, 0.1) is 0 Å². The molecule has 0 aliphatic rings. The van der Waals surface area contributed by atoms with Gasteiger partial charge in [0.2, 0.25) is 0 Å². The zero-order valence-corrected chi connectivity index (χ0v) is 13.4. The quantitative estimate of drug-likeness (QED) is 0.858. The average molecular weight is 295 g/mol. The van der Waals surface area contributed by atoms with Gasteiger partial charge >= 0.3 is 0 Å². The maximum Gasteiger partial charge on any atom is 0.168 e. The van der Waals surface area contributed by atoms with E-state index in [1.54, 1.807) is 26.0 Å². The molecular weight excluding hydrogens is 274 g/mol. The lowest BCUT2D eigenvalue weighted by Gasteiger charge is -2.16. The SMILES string of the molecule is COc1cc2nc(SCC(C)(C)N)n(C)c2cc1OC. The summed E-state index contributed by atoms with van der Waals surface area (Å²) in [5, 5.41) is 0.939. The first-order valence-corrected chi connectivity index (χ1v) is 7.34. The Morgan fingerprint density at radius 1 is 1.25 bits per heavy atom. The molecule has 0 spiro atoms. The van der Waals surface area contributed by atoms with Gasteiger partial charge in [-0.05, 0) is 13.8 Å². The number of thioether (sulfide) groups is 1. The molecule has 0 atom stereocenters. The second-order valence-electron chi connectivity index (χ2n) is 5.43. The van der Waals surface area contributed by atoms with E-state index < -0.39 is 0 Å². The van der Waals surface area contributed by atoms with E-state index in [1.807, 2.05) is 37.6 Å². The van der Waals surface area contributed by atoms with Crippen LogP contribution < -0.4 is 15.2 Å². The fourth-order valence-corrected chi connectivity index (χ4v) is 2.83. The average Bonchev–Trinajstić information content (AvgIpc) is 2.70. The predicted octanol–water partition coefficient (Wildman–Crippen LogP) is 2.42. The number of rotatable bonds is 5. The van der Waals surface area contributed by atoms with Gasteiger partial charge in [-0.25, -0.2) is 4.98 Å². The molecule has 20 heavy (non-hydrogen) atoms. The first-order valence-electron chi connectivity index (χ1n) is 6.36. The Morgan fingerprint density at radius 3 is 2.40 bits per heavy atom. The Kier molecular flexibility index (Phi) is 4.15. The minimum Gasteiger partial charge on any atom is -0.493 e. The molecule has 6 heteroatoms. The molecule has 0 amide bonds. The fraction of sp³-hybridized carbons (Fsp3) is 0.500. The third kappa shape index (κ3) is 3.02. The van der Waals surface area contributed by atoms with E-state index in [0.717, 1.165) is 21.9 Å². The topological polar surface area (TPSA) is 62.3 Å². The van der Waals surface area contributed by atoms with Gasteiger partial charge < -0.3 is 19.8 Å². The molecule has 1 heterocycles. The summed E-state index contributed by atoms with van der Waals surface area (Å²) < 4.78 is 12.7. The number of aryl methyl sites for hydroxylation is 1. The first-order chi connectivity index (χ1) is 9.35. The van der Waals surface area contributed by atoms with E-state index in [1.165, 1.54) is 0 Å². The zero-order valence-electron chi connectivity index (χ0n) is 12.6. The minimum atomic E-state index is -0.224. The highest BCUT2D eigenvalue weighted by Crippen LogP contribution is 2.34. The second kappa shape index (κ2) is 5.54. The van der Waals surface area contributed by atoms with E-state index >= 15 is 0 Å². The Labute approximate surface area is 123 Å². The second-order valence-corrected chi connectivity index (χ2v) is 6.37. The monoisotopic (exact) mass is 295 g/mol. The number of aromatic nitrogens is 2. The van der Waals surface area contributed by atoms with E-state index in [-0.39, 0.29) is 5.54 Å².